The van der Waals surface area contributed by atoms with Crippen molar-refractivity contribution in [2.45, 2.75) is 33.6 Å². The van der Waals surface area contributed by atoms with E-state index in [0.717, 1.165) is 18.6 Å². The fraction of sp³-hybridized carbons (Fsp3) is 0.700. The van der Waals surface area contributed by atoms with Crippen molar-refractivity contribution in [1.82, 2.24) is 0 Å². The molecule has 0 rings (SSSR count). The minimum Gasteiger partial charge on any atom is -0.303 e. The molecule has 0 saturated heterocycles. The Labute approximate surface area is 69.5 Å². The summed E-state index contributed by atoms with van der Waals surface area (Å²) in [6.45, 7) is 6.44. The van der Waals surface area contributed by atoms with Crippen LogP contribution >= 0.6 is 0 Å². The standard InChI is InChI=1S/C10H18O/c1-9(2)5-4-6-10(3)7-8-11/h4,6,8-10H,5,7H2,1-3H3/b6-4+/t10-/m1/s1. The lowest BCUT2D eigenvalue weighted by Gasteiger charge is -2.00. The van der Waals surface area contributed by atoms with Crippen molar-refractivity contribution < 1.29 is 4.79 Å². The van der Waals surface area contributed by atoms with Gasteiger partial charge >= 0.3 is 0 Å². The molecule has 1 heteroatoms. The van der Waals surface area contributed by atoms with Gasteiger partial charge in [-0.2, -0.15) is 0 Å². The Balaban J connectivity index is 3.47. The molecule has 0 unspecified atom stereocenters. The number of hydrogen-bond donors (Lipinski definition) is 0. The second kappa shape index (κ2) is 6.14. The number of carbonyl (C=O) groups is 1. The average Bonchev–Trinajstić information content (AvgIpc) is 1.87. The third kappa shape index (κ3) is 7.31. The van der Waals surface area contributed by atoms with Crippen molar-refractivity contribution >= 4 is 6.29 Å². The van der Waals surface area contributed by atoms with Gasteiger partial charge in [-0.1, -0.05) is 32.9 Å². The zero-order valence-corrected chi connectivity index (χ0v) is 7.71. The zero-order chi connectivity index (χ0) is 8.69. The maximum atomic E-state index is 10.1. The second-order valence-corrected chi connectivity index (χ2v) is 3.44. The molecule has 0 amide bonds. The number of rotatable bonds is 5. The van der Waals surface area contributed by atoms with Gasteiger partial charge in [0.15, 0.2) is 0 Å². The highest BCUT2D eigenvalue weighted by Gasteiger charge is 1.94. The van der Waals surface area contributed by atoms with Gasteiger partial charge in [-0.3, -0.25) is 0 Å². The Bertz CT molecular complexity index is 125. The SMILES string of the molecule is CC(C)C/C=C/[C@@H](C)CC=O. The van der Waals surface area contributed by atoms with E-state index in [1.54, 1.807) is 0 Å². The van der Waals surface area contributed by atoms with Gasteiger partial charge in [0, 0.05) is 6.42 Å². The van der Waals surface area contributed by atoms with Crippen LogP contribution in [0.1, 0.15) is 33.6 Å². The summed E-state index contributed by atoms with van der Waals surface area (Å²) in [7, 11) is 0. The lowest BCUT2D eigenvalue weighted by Crippen LogP contribution is -1.90. The second-order valence-electron chi connectivity index (χ2n) is 3.44. The lowest BCUT2D eigenvalue weighted by atomic mass is 10.1. The van der Waals surface area contributed by atoms with Crippen LogP contribution in [0, 0.1) is 11.8 Å². The number of hydrogen-bond acceptors (Lipinski definition) is 1. The van der Waals surface area contributed by atoms with E-state index in [-0.39, 0.29) is 0 Å². The lowest BCUT2D eigenvalue weighted by molar-refractivity contribution is -0.108. The molecule has 0 radical (unpaired) electrons. The minimum atomic E-state index is 0.409. The number of aldehydes is 1. The number of carbonyl (C=O) groups excluding carboxylic acids is 1. The van der Waals surface area contributed by atoms with Gasteiger partial charge in [0.05, 0.1) is 0 Å². The van der Waals surface area contributed by atoms with Crippen LogP contribution in [0.15, 0.2) is 12.2 Å². The maximum Gasteiger partial charge on any atom is 0.120 e. The predicted molar refractivity (Wildman–Crippen MR) is 48.4 cm³/mol. The fourth-order valence-corrected chi connectivity index (χ4v) is 0.813. The molecule has 0 spiro atoms. The highest BCUT2D eigenvalue weighted by atomic mass is 16.1. The Morgan fingerprint density at radius 2 is 1.82 bits per heavy atom. The maximum absolute atomic E-state index is 10.1. The van der Waals surface area contributed by atoms with Crippen molar-refractivity contribution in [3.8, 4) is 0 Å². The van der Waals surface area contributed by atoms with Crippen molar-refractivity contribution in [2.75, 3.05) is 0 Å². The molecule has 0 aromatic carbocycles. The number of allylic oxidation sites excluding steroid dienone is 2. The average molecular weight is 154 g/mol. The Kier molecular flexibility index (Phi) is 5.81. The zero-order valence-electron chi connectivity index (χ0n) is 7.71. The minimum absolute atomic E-state index is 0.409. The summed E-state index contributed by atoms with van der Waals surface area (Å²) in [5.41, 5.74) is 0. The molecule has 0 aliphatic carbocycles. The molecular weight excluding hydrogens is 136 g/mol. The molecule has 0 N–H and O–H groups in total. The molecule has 0 aliphatic heterocycles. The molecule has 11 heavy (non-hydrogen) atoms. The van der Waals surface area contributed by atoms with Crippen LogP contribution in [-0.2, 0) is 4.79 Å². The summed E-state index contributed by atoms with van der Waals surface area (Å²) < 4.78 is 0. The summed E-state index contributed by atoms with van der Waals surface area (Å²) in [4.78, 5) is 10.1. The Hall–Kier alpha value is -0.590. The first-order valence-corrected chi connectivity index (χ1v) is 4.27. The smallest absolute Gasteiger partial charge is 0.120 e. The third-order valence-electron chi connectivity index (χ3n) is 1.54. The van der Waals surface area contributed by atoms with Crippen LogP contribution in [0.4, 0.5) is 0 Å². The Morgan fingerprint density at radius 3 is 2.27 bits per heavy atom. The molecule has 0 bridgehead atoms. The monoisotopic (exact) mass is 154 g/mol. The predicted octanol–water partition coefficient (Wildman–Crippen LogP) is 2.81. The first-order chi connectivity index (χ1) is 5.16. The first kappa shape index (κ1) is 10.4. The van der Waals surface area contributed by atoms with E-state index in [2.05, 4.69) is 32.9 Å². The summed E-state index contributed by atoms with van der Waals surface area (Å²) in [6, 6.07) is 0. The largest absolute Gasteiger partial charge is 0.303 e. The molecule has 1 nitrogen and oxygen atoms in total. The van der Waals surface area contributed by atoms with Crippen molar-refractivity contribution in [3.63, 3.8) is 0 Å². The van der Waals surface area contributed by atoms with E-state index >= 15 is 0 Å². The summed E-state index contributed by atoms with van der Waals surface area (Å²) >= 11 is 0. The van der Waals surface area contributed by atoms with Gasteiger partial charge in [-0.05, 0) is 18.3 Å². The molecule has 0 heterocycles. The first-order valence-electron chi connectivity index (χ1n) is 4.27. The normalized spacial score (nSPS) is 14.2. The van der Waals surface area contributed by atoms with Crippen molar-refractivity contribution in [3.05, 3.63) is 12.2 Å². The summed E-state index contributed by atoms with van der Waals surface area (Å²) in [5, 5.41) is 0. The quantitative estimate of drug-likeness (QED) is 0.439. The summed E-state index contributed by atoms with van der Waals surface area (Å²) in [6.07, 6.45) is 7.02. The van der Waals surface area contributed by atoms with Crippen molar-refractivity contribution in [1.29, 1.82) is 0 Å². The van der Waals surface area contributed by atoms with Gasteiger partial charge in [0.1, 0.15) is 6.29 Å². The van der Waals surface area contributed by atoms with E-state index in [0.29, 0.717) is 12.3 Å². The van der Waals surface area contributed by atoms with E-state index in [9.17, 15) is 4.79 Å². The molecule has 0 aliphatic rings. The van der Waals surface area contributed by atoms with E-state index in [4.69, 9.17) is 0 Å². The summed E-state index contributed by atoms with van der Waals surface area (Å²) in [5.74, 6) is 1.13. The van der Waals surface area contributed by atoms with Crippen LogP contribution in [0.25, 0.3) is 0 Å². The molecule has 1 atom stereocenters. The third-order valence-corrected chi connectivity index (χ3v) is 1.54. The highest BCUT2D eigenvalue weighted by Crippen LogP contribution is 2.05. The van der Waals surface area contributed by atoms with Crippen LogP contribution < -0.4 is 0 Å². The van der Waals surface area contributed by atoms with Crippen molar-refractivity contribution in [2.24, 2.45) is 11.8 Å². The highest BCUT2D eigenvalue weighted by molar-refractivity contribution is 5.50. The topological polar surface area (TPSA) is 17.1 Å². The van der Waals surface area contributed by atoms with E-state index in [1.807, 2.05) is 0 Å². The van der Waals surface area contributed by atoms with Crippen LogP contribution in [0.3, 0.4) is 0 Å². The van der Waals surface area contributed by atoms with E-state index < -0.39 is 0 Å². The van der Waals surface area contributed by atoms with Crippen LogP contribution in [-0.4, -0.2) is 6.29 Å². The van der Waals surface area contributed by atoms with Gasteiger partial charge in [0.2, 0.25) is 0 Å². The van der Waals surface area contributed by atoms with Gasteiger partial charge < -0.3 is 4.79 Å². The molecule has 0 aromatic rings. The molecule has 0 aromatic heterocycles. The van der Waals surface area contributed by atoms with E-state index in [1.165, 1.54) is 0 Å². The van der Waals surface area contributed by atoms with Crippen LogP contribution in [0.2, 0.25) is 0 Å². The van der Waals surface area contributed by atoms with Gasteiger partial charge in [0.25, 0.3) is 0 Å². The van der Waals surface area contributed by atoms with Gasteiger partial charge in [-0.25, -0.2) is 0 Å². The van der Waals surface area contributed by atoms with Crippen LogP contribution in [0.5, 0.6) is 0 Å². The molecule has 0 saturated carbocycles. The van der Waals surface area contributed by atoms with Gasteiger partial charge in [-0.15, -0.1) is 0 Å². The molecule has 0 fully saturated rings. The molecular formula is C10H18O. The fourth-order valence-electron chi connectivity index (χ4n) is 0.813. The Morgan fingerprint density at radius 1 is 1.18 bits per heavy atom. The molecule has 64 valence electrons.